The smallest absolute Gasteiger partial charge is 0.244 e. The Kier molecular flexibility index (Phi) is 6.70. The van der Waals surface area contributed by atoms with Crippen molar-refractivity contribution in [1.29, 1.82) is 0 Å². The number of carbonyl (C=O) groups is 2. The van der Waals surface area contributed by atoms with E-state index in [-0.39, 0.29) is 11.7 Å². The highest BCUT2D eigenvalue weighted by molar-refractivity contribution is 7.17. The second-order valence-corrected chi connectivity index (χ2v) is 7.06. The summed E-state index contributed by atoms with van der Waals surface area (Å²) < 4.78 is 5.85. The molecular formula is C22H20N2O3S. The van der Waals surface area contributed by atoms with Crippen LogP contribution in [0, 0.1) is 0 Å². The van der Waals surface area contributed by atoms with Crippen LogP contribution in [-0.4, -0.2) is 29.8 Å². The van der Waals surface area contributed by atoms with Gasteiger partial charge in [-0.3, -0.25) is 14.6 Å². The van der Waals surface area contributed by atoms with Crippen LogP contribution in [0.5, 0.6) is 5.75 Å². The molecular weight excluding hydrogens is 372 g/mol. The largest absolute Gasteiger partial charge is 0.491 e. The fraction of sp³-hybridized carbons (Fsp3) is 0.136. The van der Waals surface area contributed by atoms with Gasteiger partial charge >= 0.3 is 0 Å². The predicted octanol–water partition coefficient (Wildman–Crippen LogP) is 4.22. The molecule has 28 heavy (non-hydrogen) atoms. The van der Waals surface area contributed by atoms with Crippen LogP contribution < -0.4 is 10.1 Å². The van der Waals surface area contributed by atoms with Gasteiger partial charge in [0.05, 0.1) is 11.4 Å². The maximum Gasteiger partial charge on any atom is 0.244 e. The molecule has 0 aliphatic rings. The first-order chi connectivity index (χ1) is 13.6. The third-order valence-electron chi connectivity index (χ3n) is 3.88. The number of aromatic nitrogens is 1. The molecule has 0 fully saturated rings. The molecule has 0 unspecified atom stereocenters. The van der Waals surface area contributed by atoms with E-state index < -0.39 is 0 Å². The van der Waals surface area contributed by atoms with Crippen molar-refractivity contribution in [3.8, 4) is 16.2 Å². The van der Waals surface area contributed by atoms with Gasteiger partial charge in [-0.15, -0.1) is 11.3 Å². The molecule has 2 heterocycles. The van der Waals surface area contributed by atoms with Gasteiger partial charge in [-0.25, -0.2) is 0 Å². The molecule has 0 saturated carbocycles. The number of ketones is 1. The molecule has 0 radical (unpaired) electrons. The van der Waals surface area contributed by atoms with Crippen LogP contribution in [0.2, 0.25) is 0 Å². The number of amides is 1. The normalized spacial score (nSPS) is 10.8. The van der Waals surface area contributed by atoms with Gasteiger partial charge in [0, 0.05) is 28.9 Å². The van der Waals surface area contributed by atoms with Gasteiger partial charge < -0.3 is 10.1 Å². The lowest BCUT2D eigenvalue weighted by molar-refractivity contribution is -0.116. The number of nitrogens with one attached hydrogen (secondary N) is 1. The van der Waals surface area contributed by atoms with Gasteiger partial charge in [0.1, 0.15) is 12.4 Å². The van der Waals surface area contributed by atoms with Crippen LogP contribution in [0.4, 0.5) is 0 Å². The fourth-order valence-corrected chi connectivity index (χ4v) is 3.44. The quantitative estimate of drug-likeness (QED) is 0.354. The van der Waals surface area contributed by atoms with E-state index in [0.717, 1.165) is 26.6 Å². The molecule has 142 valence electrons. The summed E-state index contributed by atoms with van der Waals surface area (Å²) in [6.45, 7) is 2.28. The first kappa shape index (κ1) is 19.5. The maximum atomic E-state index is 11.9. The van der Waals surface area contributed by atoms with E-state index in [1.807, 2.05) is 48.5 Å². The van der Waals surface area contributed by atoms with Gasteiger partial charge in [-0.05, 0) is 48.9 Å². The number of benzene rings is 1. The number of Topliss-reactive ketones (excluding diaryl/α,β-unsaturated/α-hetero) is 1. The Morgan fingerprint density at radius 3 is 2.75 bits per heavy atom. The van der Waals surface area contributed by atoms with Crippen molar-refractivity contribution in [1.82, 2.24) is 10.3 Å². The second-order valence-electron chi connectivity index (χ2n) is 5.98. The zero-order chi connectivity index (χ0) is 19.8. The molecule has 2 aromatic heterocycles. The number of pyridine rings is 1. The van der Waals surface area contributed by atoms with Crippen LogP contribution in [0.1, 0.15) is 22.2 Å². The Bertz CT molecular complexity index is 980. The van der Waals surface area contributed by atoms with Crippen molar-refractivity contribution in [3.63, 3.8) is 0 Å². The van der Waals surface area contributed by atoms with Gasteiger partial charge in [0.15, 0.2) is 5.78 Å². The van der Waals surface area contributed by atoms with E-state index in [2.05, 4.69) is 10.3 Å². The number of thiophene rings is 1. The lowest BCUT2D eigenvalue weighted by Gasteiger charge is -2.10. The summed E-state index contributed by atoms with van der Waals surface area (Å²) in [5.74, 6) is 0.585. The molecule has 0 spiro atoms. The van der Waals surface area contributed by atoms with Crippen molar-refractivity contribution < 1.29 is 14.3 Å². The molecule has 1 aromatic carbocycles. The summed E-state index contributed by atoms with van der Waals surface area (Å²) in [6.07, 6.45) is 6.55. The highest BCUT2D eigenvalue weighted by atomic mass is 32.1. The average molecular weight is 392 g/mol. The first-order valence-electron chi connectivity index (χ1n) is 8.82. The Labute approximate surface area is 167 Å². The summed E-state index contributed by atoms with van der Waals surface area (Å²) in [5, 5.41) is 2.79. The summed E-state index contributed by atoms with van der Waals surface area (Å²) in [7, 11) is 0. The molecule has 0 bridgehead atoms. The van der Waals surface area contributed by atoms with Gasteiger partial charge in [0.25, 0.3) is 0 Å². The number of carbonyl (C=O) groups excluding carboxylic acids is 2. The summed E-state index contributed by atoms with van der Waals surface area (Å²) in [6, 6.07) is 15.1. The van der Waals surface area contributed by atoms with E-state index in [9.17, 15) is 9.59 Å². The number of nitrogens with zero attached hydrogens (tertiary/aromatic N) is 1. The maximum absolute atomic E-state index is 11.9. The summed E-state index contributed by atoms with van der Waals surface area (Å²) in [5.41, 5.74) is 1.80. The fourth-order valence-electron chi connectivity index (χ4n) is 2.51. The minimum absolute atomic E-state index is 0.0525. The van der Waals surface area contributed by atoms with Crippen molar-refractivity contribution in [3.05, 3.63) is 77.4 Å². The lowest BCUT2D eigenvalue weighted by atomic mass is 10.1. The van der Waals surface area contributed by atoms with E-state index >= 15 is 0 Å². The molecule has 0 atom stereocenters. The molecule has 3 aromatic rings. The highest BCUT2D eigenvalue weighted by Gasteiger charge is 2.10. The monoisotopic (exact) mass is 392 g/mol. The Hall–Kier alpha value is -3.25. The second kappa shape index (κ2) is 9.62. The zero-order valence-corrected chi connectivity index (χ0v) is 16.2. The van der Waals surface area contributed by atoms with Crippen molar-refractivity contribution in [2.24, 2.45) is 0 Å². The van der Waals surface area contributed by atoms with Gasteiger partial charge in [-0.2, -0.15) is 0 Å². The third kappa shape index (κ3) is 5.37. The van der Waals surface area contributed by atoms with E-state index in [1.54, 1.807) is 25.4 Å². The number of ether oxygens (including phenoxy) is 1. The third-order valence-corrected chi connectivity index (χ3v) is 5.10. The number of hydrogen-bond donors (Lipinski definition) is 1. The average Bonchev–Trinajstić information content (AvgIpc) is 3.21. The molecule has 1 N–H and O–H groups in total. The summed E-state index contributed by atoms with van der Waals surface area (Å²) in [4.78, 5) is 29.1. The molecule has 3 rings (SSSR count). The van der Waals surface area contributed by atoms with E-state index in [0.29, 0.717) is 13.2 Å². The Morgan fingerprint density at radius 2 is 2.00 bits per heavy atom. The summed E-state index contributed by atoms with van der Waals surface area (Å²) >= 11 is 1.44. The molecule has 0 saturated heterocycles. The van der Waals surface area contributed by atoms with E-state index in [4.69, 9.17) is 4.74 Å². The zero-order valence-electron chi connectivity index (χ0n) is 15.4. The standard InChI is InChI=1S/C22H20N2O3S/c1-16(25)20-9-10-21(28-20)18-6-2-3-7-19(18)27-14-13-24-22(26)11-8-17-5-4-12-23-15-17/h2-12,15H,13-14H2,1H3,(H,24,26)/b11-8+. The number of para-hydroxylation sites is 1. The number of rotatable bonds is 8. The minimum Gasteiger partial charge on any atom is -0.491 e. The van der Waals surface area contributed by atoms with Crippen molar-refractivity contribution in [2.75, 3.05) is 13.2 Å². The van der Waals surface area contributed by atoms with Crippen LogP contribution in [0.25, 0.3) is 16.5 Å². The first-order valence-corrected chi connectivity index (χ1v) is 9.64. The predicted molar refractivity (Wildman–Crippen MR) is 112 cm³/mol. The molecule has 5 nitrogen and oxygen atoms in total. The van der Waals surface area contributed by atoms with Gasteiger partial charge in [-0.1, -0.05) is 18.2 Å². The van der Waals surface area contributed by atoms with Crippen LogP contribution in [0.3, 0.4) is 0 Å². The molecule has 0 aliphatic heterocycles. The topological polar surface area (TPSA) is 68.3 Å². The Morgan fingerprint density at radius 1 is 1.14 bits per heavy atom. The SMILES string of the molecule is CC(=O)c1ccc(-c2ccccc2OCCNC(=O)/C=C/c2cccnc2)s1. The molecule has 6 heteroatoms. The molecule has 1 amide bonds. The van der Waals surface area contributed by atoms with Gasteiger partial charge in [0.2, 0.25) is 5.91 Å². The van der Waals surface area contributed by atoms with E-state index in [1.165, 1.54) is 17.4 Å². The minimum atomic E-state index is -0.190. The van der Waals surface area contributed by atoms with Crippen LogP contribution in [0.15, 0.2) is 67.0 Å². The molecule has 0 aliphatic carbocycles. The van der Waals surface area contributed by atoms with Crippen LogP contribution in [-0.2, 0) is 4.79 Å². The van der Waals surface area contributed by atoms with Crippen molar-refractivity contribution in [2.45, 2.75) is 6.92 Å². The lowest BCUT2D eigenvalue weighted by Crippen LogP contribution is -2.26. The van der Waals surface area contributed by atoms with Crippen molar-refractivity contribution >= 4 is 29.1 Å². The Balaban J connectivity index is 1.53. The van der Waals surface area contributed by atoms with Crippen LogP contribution >= 0.6 is 11.3 Å². The number of hydrogen-bond acceptors (Lipinski definition) is 5. The highest BCUT2D eigenvalue weighted by Crippen LogP contribution is 2.35.